The van der Waals surface area contributed by atoms with Crippen molar-refractivity contribution in [3.63, 3.8) is 0 Å². The third-order valence-corrected chi connectivity index (χ3v) is 3.46. The Bertz CT molecular complexity index is 571. The average molecular weight is 316 g/mol. The van der Waals surface area contributed by atoms with Crippen LogP contribution in [-0.4, -0.2) is 6.54 Å². The zero-order chi connectivity index (χ0) is 14.5. The van der Waals surface area contributed by atoms with E-state index in [1.807, 2.05) is 6.07 Å². The van der Waals surface area contributed by atoms with Crippen molar-refractivity contribution in [3.8, 4) is 0 Å². The Hall–Kier alpha value is -1.03. The molecule has 2 aromatic rings. The lowest BCUT2D eigenvalue weighted by molar-refractivity contribution is 0.407. The van der Waals surface area contributed by atoms with Crippen molar-refractivity contribution in [2.45, 2.75) is 25.8 Å². The van der Waals surface area contributed by atoms with E-state index in [1.54, 1.807) is 18.2 Å². The van der Waals surface area contributed by atoms with Gasteiger partial charge < -0.3 is 9.73 Å². The molecule has 1 unspecified atom stereocenters. The molecule has 2 rings (SSSR count). The molecule has 1 heterocycles. The van der Waals surface area contributed by atoms with E-state index in [4.69, 9.17) is 27.6 Å². The van der Waals surface area contributed by atoms with Crippen LogP contribution >= 0.6 is 23.2 Å². The average Bonchev–Trinajstić information content (AvgIpc) is 2.83. The van der Waals surface area contributed by atoms with Crippen molar-refractivity contribution in [2.75, 3.05) is 6.54 Å². The molecule has 1 aromatic carbocycles. The Morgan fingerprint density at radius 3 is 2.65 bits per heavy atom. The normalized spacial score (nSPS) is 12.6. The number of hydrogen-bond donors (Lipinski definition) is 1. The maximum Gasteiger partial charge on any atom is 0.193 e. The summed E-state index contributed by atoms with van der Waals surface area (Å²) >= 11 is 11.6. The summed E-state index contributed by atoms with van der Waals surface area (Å²) in [6, 6.07) is 8.09. The minimum absolute atomic E-state index is 0.113. The van der Waals surface area contributed by atoms with E-state index < -0.39 is 0 Å². The molecule has 0 amide bonds. The van der Waals surface area contributed by atoms with Crippen LogP contribution in [0.4, 0.5) is 4.39 Å². The van der Waals surface area contributed by atoms with Crippen LogP contribution < -0.4 is 5.32 Å². The lowest BCUT2D eigenvalue weighted by Gasteiger charge is -2.16. The molecule has 108 valence electrons. The van der Waals surface area contributed by atoms with Gasteiger partial charge in [-0.2, -0.15) is 0 Å². The molecule has 0 aliphatic carbocycles. The molecule has 1 aromatic heterocycles. The van der Waals surface area contributed by atoms with Crippen molar-refractivity contribution in [3.05, 3.63) is 57.7 Å². The SMILES string of the molecule is CCCNC(Cc1ccc(Cl)cc1F)c1ccc(Cl)o1. The molecule has 0 bridgehead atoms. The molecule has 0 radical (unpaired) electrons. The first-order chi connectivity index (χ1) is 9.60. The van der Waals surface area contributed by atoms with E-state index >= 15 is 0 Å². The summed E-state index contributed by atoms with van der Waals surface area (Å²) in [6.07, 6.45) is 1.46. The van der Waals surface area contributed by atoms with Gasteiger partial charge in [-0.3, -0.25) is 0 Å². The van der Waals surface area contributed by atoms with Crippen molar-refractivity contribution in [1.29, 1.82) is 0 Å². The fraction of sp³-hybridized carbons (Fsp3) is 0.333. The van der Waals surface area contributed by atoms with Gasteiger partial charge in [-0.1, -0.05) is 24.6 Å². The first-order valence-electron chi connectivity index (χ1n) is 6.52. The first-order valence-corrected chi connectivity index (χ1v) is 7.28. The number of hydrogen-bond acceptors (Lipinski definition) is 2. The standard InChI is InChI=1S/C15H16Cl2FNO/c1-2-7-19-13(14-5-6-15(17)20-14)8-10-3-4-11(16)9-12(10)18/h3-6,9,13,19H,2,7-8H2,1H3. The molecule has 2 nitrogen and oxygen atoms in total. The molecule has 0 spiro atoms. The molecule has 1 atom stereocenters. The van der Waals surface area contributed by atoms with Gasteiger partial charge in [0.1, 0.15) is 11.6 Å². The minimum Gasteiger partial charge on any atom is -0.448 e. The predicted molar refractivity (Wildman–Crippen MR) is 79.9 cm³/mol. The van der Waals surface area contributed by atoms with Crippen molar-refractivity contribution >= 4 is 23.2 Å². The van der Waals surface area contributed by atoms with Crippen molar-refractivity contribution < 1.29 is 8.81 Å². The third kappa shape index (κ3) is 3.98. The van der Waals surface area contributed by atoms with Gasteiger partial charge in [0, 0.05) is 5.02 Å². The van der Waals surface area contributed by atoms with E-state index in [9.17, 15) is 4.39 Å². The molecule has 0 saturated carbocycles. The monoisotopic (exact) mass is 315 g/mol. The maximum absolute atomic E-state index is 13.9. The Kier molecular flexibility index (Phi) is 5.46. The second-order valence-electron chi connectivity index (χ2n) is 4.59. The molecule has 0 fully saturated rings. The predicted octanol–water partition coefficient (Wildman–Crippen LogP) is 5.01. The van der Waals surface area contributed by atoms with E-state index in [-0.39, 0.29) is 11.9 Å². The van der Waals surface area contributed by atoms with Gasteiger partial charge in [0.15, 0.2) is 5.22 Å². The fourth-order valence-electron chi connectivity index (χ4n) is 2.01. The van der Waals surface area contributed by atoms with Gasteiger partial charge in [0.05, 0.1) is 6.04 Å². The van der Waals surface area contributed by atoms with Gasteiger partial charge >= 0.3 is 0 Å². The second kappa shape index (κ2) is 7.11. The van der Waals surface area contributed by atoms with Gasteiger partial charge in [0.25, 0.3) is 0 Å². The molecular formula is C15H16Cl2FNO. The minimum atomic E-state index is -0.307. The highest BCUT2D eigenvalue weighted by Crippen LogP contribution is 2.25. The van der Waals surface area contributed by atoms with E-state index in [0.717, 1.165) is 13.0 Å². The van der Waals surface area contributed by atoms with E-state index in [0.29, 0.717) is 28.0 Å². The Morgan fingerprint density at radius 1 is 1.25 bits per heavy atom. The summed E-state index contributed by atoms with van der Waals surface area (Å²) < 4.78 is 19.3. The number of benzene rings is 1. The highest BCUT2D eigenvalue weighted by atomic mass is 35.5. The summed E-state index contributed by atoms with van der Waals surface area (Å²) in [4.78, 5) is 0. The summed E-state index contributed by atoms with van der Waals surface area (Å²) in [6.45, 7) is 2.89. The van der Waals surface area contributed by atoms with Crippen LogP contribution in [-0.2, 0) is 6.42 Å². The topological polar surface area (TPSA) is 25.2 Å². The summed E-state index contributed by atoms with van der Waals surface area (Å²) in [5, 5.41) is 4.06. The van der Waals surface area contributed by atoms with Gasteiger partial charge in [0.2, 0.25) is 0 Å². The smallest absolute Gasteiger partial charge is 0.193 e. The highest BCUT2D eigenvalue weighted by molar-refractivity contribution is 6.30. The summed E-state index contributed by atoms with van der Waals surface area (Å²) in [7, 11) is 0. The Balaban J connectivity index is 2.18. The van der Waals surface area contributed by atoms with E-state index in [2.05, 4.69) is 12.2 Å². The largest absolute Gasteiger partial charge is 0.448 e. The highest BCUT2D eigenvalue weighted by Gasteiger charge is 2.17. The zero-order valence-electron chi connectivity index (χ0n) is 11.1. The lowest BCUT2D eigenvalue weighted by Crippen LogP contribution is -2.24. The van der Waals surface area contributed by atoms with Crippen LogP contribution in [0.1, 0.15) is 30.7 Å². The van der Waals surface area contributed by atoms with Crippen LogP contribution in [0.2, 0.25) is 10.2 Å². The van der Waals surface area contributed by atoms with E-state index in [1.165, 1.54) is 6.07 Å². The van der Waals surface area contributed by atoms with Crippen LogP contribution in [0.25, 0.3) is 0 Å². The van der Waals surface area contributed by atoms with Crippen LogP contribution in [0, 0.1) is 5.82 Å². The molecule has 0 aliphatic heterocycles. The first kappa shape index (κ1) is 15.4. The van der Waals surface area contributed by atoms with Crippen LogP contribution in [0.3, 0.4) is 0 Å². The molecule has 0 saturated heterocycles. The maximum atomic E-state index is 13.9. The number of halogens is 3. The van der Waals surface area contributed by atoms with Gasteiger partial charge in [-0.15, -0.1) is 0 Å². The Labute approximate surface area is 127 Å². The number of rotatable bonds is 6. The van der Waals surface area contributed by atoms with Crippen molar-refractivity contribution in [1.82, 2.24) is 5.32 Å². The fourth-order valence-corrected chi connectivity index (χ4v) is 2.33. The number of furan rings is 1. The molecule has 5 heteroatoms. The van der Waals surface area contributed by atoms with Gasteiger partial charge in [-0.05, 0) is 60.8 Å². The molecule has 1 N–H and O–H groups in total. The quantitative estimate of drug-likeness (QED) is 0.810. The van der Waals surface area contributed by atoms with Crippen LogP contribution in [0.15, 0.2) is 34.7 Å². The lowest BCUT2D eigenvalue weighted by atomic mass is 10.0. The second-order valence-corrected chi connectivity index (χ2v) is 5.40. The summed E-state index contributed by atoms with van der Waals surface area (Å²) in [5.41, 5.74) is 0.593. The van der Waals surface area contributed by atoms with Crippen molar-refractivity contribution in [2.24, 2.45) is 0 Å². The van der Waals surface area contributed by atoms with Crippen LogP contribution in [0.5, 0.6) is 0 Å². The van der Waals surface area contributed by atoms with Gasteiger partial charge in [-0.25, -0.2) is 4.39 Å². The molecular weight excluding hydrogens is 300 g/mol. The third-order valence-electron chi connectivity index (χ3n) is 3.02. The zero-order valence-corrected chi connectivity index (χ0v) is 12.6. The number of nitrogens with one attached hydrogen (secondary N) is 1. The Morgan fingerprint density at radius 2 is 2.05 bits per heavy atom. The molecule has 0 aliphatic rings. The molecule has 20 heavy (non-hydrogen) atoms. The summed E-state index contributed by atoms with van der Waals surface area (Å²) in [5.74, 6) is 0.399.